The van der Waals surface area contributed by atoms with E-state index in [0.717, 1.165) is 16.5 Å². The van der Waals surface area contributed by atoms with E-state index in [9.17, 15) is 4.39 Å². The zero-order valence-corrected chi connectivity index (χ0v) is 8.25. The van der Waals surface area contributed by atoms with Crippen LogP contribution in [0.5, 0.6) is 0 Å². The second-order valence-corrected chi connectivity index (χ2v) is 3.36. The van der Waals surface area contributed by atoms with Crippen LogP contribution >= 0.6 is 0 Å². The highest BCUT2D eigenvalue weighted by molar-refractivity contribution is 5.83. The largest absolute Gasteiger partial charge is 0.380 e. The van der Waals surface area contributed by atoms with Gasteiger partial charge in [0.25, 0.3) is 0 Å². The molecular formula is C11H12FNO. The first-order valence-corrected chi connectivity index (χ1v) is 4.45. The van der Waals surface area contributed by atoms with Gasteiger partial charge in [0, 0.05) is 31.3 Å². The summed E-state index contributed by atoms with van der Waals surface area (Å²) in [6.07, 6.45) is 1.97. The highest BCUT2D eigenvalue weighted by Gasteiger charge is 2.06. The van der Waals surface area contributed by atoms with Crippen LogP contribution in [0.1, 0.15) is 5.56 Å². The van der Waals surface area contributed by atoms with E-state index in [1.165, 1.54) is 12.1 Å². The van der Waals surface area contributed by atoms with Crippen molar-refractivity contribution in [2.45, 2.75) is 6.61 Å². The fraction of sp³-hybridized carbons (Fsp3) is 0.273. The quantitative estimate of drug-likeness (QED) is 0.714. The molecule has 3 heteroatoms. The van der Waals surface area contributed by atoms with Gasteiger partial charge >= 0.3 is 0 Å². The SMILES string of the molecule is COCc1cn(C)c2cc(F)ccc12. The van der Waals surface area contributed by atoms with Crippen LogP contribution in [0.15, 0.2) is 24.4 Å². The van der Waals surface area contributed by atoms with Crippen molar-refractivity contribution in [3.05, 3.63) is 35.8 Å². The van der Waals surface area contributed by atoms with Gasteiger partial charge in [-0.3, -0.25) is 0 Å². The van der Waals surface area contributed by atoms with Crippen LogP contribution < -0.4 is 0 Å². The van der Waals surface area contributed by atoms with Crippen molar-refractivity contribution < 1.29 is 9.13 Å². The van der Waals surface area contributed by atoms with E-state index in [-0.39, 0.29) is 5.82 Å². The molecule has 0 atom stereocenters. The van der Waals surface area contributed by atoms with Crippen molar-refractivity contribution in [3.63, 3.8) is 0 Å². The molecule has 0 N–H and O–H groups in total. The Bertz CT molecular complexity index is 462. The third-order valence-corrected chi connectivity index (χ3v) is 2.34. The van der Waals surface area contributed by atoms with Crippen molar-refractivity contribution in [1.29, 1.82) is 0 Å². The molecule has 2 nitrogen and oxygen atoms in total. The van der Waals surface area contributed by atoms with Gasteiger partial charge in [0.05, 0.1) is 12.1 Å². The van der Waals surface area contributed by atoms with E-state index < -0.39 is 0 Å². The van der Waals surface area contributed by atoms with Crippen molar-refractivity contribution >= 4 is 10.9 Å². The van der Waals surface area contributed by atoms with E-state index >= 15 is 0 Å². The van der Waals surface area contributed by atoms with Crippen LogP contribution in [0.25, 0.3) is 10.9 Å². The van der Waals surface area contributed by atoms with Gasteiger partial charge in [0.2, 0.25) is 0 Å². The van der Waals surface area contributed by atoms with Crippen molar-refractivity contribution in [2.75, 3.05) is 7.11 Å². The summed E-state index contributed by atoms with van der Waals surface area (Å²) >= 11 is 0. The van der Waals surface area contributed by atoms with Crippen LogP contribution in [-0.4, -0.2) is 11.7 Å². The highest BCUT2D eigenvalue weighted by Crippen LogP contribution is 2.21. The van der Waals surface area contributed by atoms with E-state index in [2.05, 4.69) is 0 Å². The fourth-order valence-electron chi connectivity index (χ4n) is 1.71. The molecule has 0 bridgehead atoms. The molecule has 0 unspecified atom stereocenters. The number of methoxy groups -OCH3 is 1. The number of hydrogen-bond donors (Lipinski definition) is 0. The number of nitrogens with zero attached hydrogens (tertiary/aromatic N) is 1. The lowest BCUT2D eigenvalue weighted by molar-refractivity contribution is 0.186. The van der Waals surface area contributed by atoms with Gasteiger partial charge in [-0.15, -0.1) is 0 Å². The van der Waals surface area contributed by atoms with Crippen LogP contribution in [0.2, 0.25) is 0 Å². The van der Waals surface area contributed by atoms with Gasteiger partial charge in [-0.05, 0) is 18.2 Å². The number of fused-ring (bicyclic) bond motifs is 1. The summed E-state index contributed by atoms with van der Waals surface area (Å²) in [5, 5.41) is 1.05. The highest BCUT2D eigenvalue weighted by atomic mass is 19.1. The summed E-state index contributed by atoms with van der Waals surface area (Å²) in [5.41, 5.74) is 1.99. The van der Waals surface area contributed by atoms with Crippen molar-refractivity contribution in [1.82, 2.24) is 4.57 Å². The summed E-state index contributed by atoms with van der Waals surface area (Å²) in [4.78, 5) is 0. The Balaban J connectivity index is 2.65. The predicted octanol–water partition coefficient (Wildman–Crippen LogP) is 2.46. The van der Waals surface area contributed by atoms with Crippen molar-refractivity contribution in [3.8, 4) is 0 Å². The molecule has 0 aliphatic rings. The number of aryl methyl sites for hydroxylation is 1. The smallest absolute Gasteiger partial charge is 0.125 e. The molecule has 2 rings (SSSR count). The Morgan fingerprint density at radius 2 is 2.21 bits per heavy atom. The lowest BCUT2D eigenvalue weighted by atomic mass is 10.2. The molecule has 2 aromatic rings. The molecule has 0 saturated carbocycles. The lowest BCUT2D eigenvalue weighted by Crippen LogP contribution is -1.84. The zero-order valence-electron chi connectivity index (χ0n) is 8.25. The zero-order chi connectivity index (χ0) is 10.1. The average molecular weight is 193 g/mol. The summed E-state index contributed by atoms with van der Waals surface area (Å²) < 4.78 is 19.9. The minimum absolute atomic E-state index is 0.206. The molecule has 0 spiro atoms. The third kappa shape index (κ3) is 1.40. The first-order chi connectivity index (χ1) is 6.72. The van der Waals surface area contributed by atoms with Crippen LogP contribution in [0.4, 0.5) is 4.39 Å². The minimum Gasteiger partial charge on any atom is -0.380 e. The second kappa shape index (κ2) is 3.42. The number of hydrogen-bond acceptors (Lipinski definition) is 1. The van der Waals surface area contributed by atoms with Gasteiger partial charge < -0.3 is 9.30 Å². The Morgan fingerprint density at radius 1 is 1.43 bits per heavy atom. The van der Waals surface area contributed by atoms with Crippen LogP contribution in [0.3, 0.4) is 0 Å². The number of halogens is 1. The molecule has 0 fully saturated rings. The number of rotatable bonds is 2. The molecule has 1 aromatic carbocycles. The molecule has 0 amide bonds. The maximum absolute atomic E-state index is 13.0. The Kier molecular flexibility index (Phi) is 2.25. The van der Waals surface area contributed by atoms with Gasteiger partial charge in [-0.25, -0.2) is 4.39 Å². The Morgan fingerprint density at radius 3 is 2.93 bits per heavy atom. The summed E-state index contributed by atoms with van der Waals surface area (Å²) in [7, 11) is 3.56. The predicted molar refractivity (Wildman–Crippen MR) is 53.6 cm³/mol. The average Bonchev–Trinajstić information content (AvgIpc) is 2.44. The van der Waals surface area contributed by atoms with Gasteiger partial charge in [0.15, 0.2) is 0 Å². The standard InChI is InChI=1S/C11H12FNO/c1-13-6-8(7-14-2)10-4-3-9(12)5-11(10)13/h3-6H,7H2,1-2H3. The van der Waals surface area contributed by atoms with Crippen LogP contribution in [0, 0.1) is 5.82 Å². The summed E-state index contributed by atoms with van der Waals surface area (Å²) in [6.45, 7) is 0.559. The van der Waals surface area contributed by atoms with Gasteiger partial charge in [0.1, 0.15) is 5.82 Å². The normalized spacial score (nSPS) is 11.1. The third-order valence-electron chi connectivity index (χ3n) is 2.34. The molecule has 14 heavy (non-hydrogen) atoms. The van der Waals surface area contributed by atoms with Gasteiger partial charge in [-0.2, -0.15) is 0 Å². The van der Waals surface area contributed by atoms with E-state index in [1.807, 2.05) is 17.8 Å². The van der Waals surface area contributed by atoms with Gasteiger partial charge in [-0.1, -0.05) is 0 Å². The molecule has 1 aromatic heterocycles. The lowest BCUT2D eigenvalue weighted by Gasteiger charge is -1.96. The molecule has 0 aliphatic heterocycles. The van der Waals surface area contributed by atoms with E-state index in [4.69, 9.17) is 4.74 Å². The molecule has 0 aliphatic carbocycles. The fourth-order valence-corrected chi connectivity index (χ4v) is 1.71. The number of benzene rings is 1. The topological polar surface area (TPSA) is 14.2 Å². The van der Waals surface area contributed by atoms with Crippen molar-refractivity contribution in [2.24, 2.45) is 7.05 Å². The maximum atomic E-state index is 13.0. The first kappa shape index (κ1) is 9.21. The molecule has 1 heterocycles. The molecule has 0 saturated heterocycles. The van der Waals surface area contributed by atoms with E-state index in [1.54, 1.807) is 13.2 Å². The minimum atomic E-state index is -0.206. The van der Waals surface area contributed by atoms with E-state index in [0.29, 0.717) is 6.61 Å². The molecule has 0 radical (unpaired) electrons. The molecule has 74 valence electrons. The number of aromatic nitrogens is 1. The Hall–Kier alpha value is -1.35. The summed E-state index contributed by atoms with van der Waals surface area (Å²) in [5.74, 6) is -0.206. The Labute approximate surface area is 81.9 Å². The second-order valence-electron chi connectivity index (χ2n) is 3.36. The molecular weight excluding hydrogens is 181 g/mol. The maximum Gasteiger partial charge on any atom is 0.125 e. The number of ether oxygens (including phenoxy) is 1. The van der Waals surface area contributed by atoms with Crippen LogP contribution in [-0.2, 0) is 18.4 Å². The monoisotopic (exact) mass is 193 g/mol. The first-order valence-electron chi connectivity index (χ1n) is 4.45. The summed E-state index contributed by atoms with van der Waals surface area (Å²) in [6, 6.07) is 4.80.